The van der Waals surface area contributed by atoms with Gasteiger partial charge in [0.15, 0.2) is 0 Å². The highest BCUT2D eigenvalue weighted by atomic mass is 35.5. The smallest absolute Gasteiger partial charge is 0.329 e. The van der Waals surface area contributed by atoms with Gasteiger partial charge in [0.25, 0.3) is 0 Å². The Hall–Kier alpha value is -1.30. The standard InChI is InChI=1S/C14H18ClNO4/c1-14(20-7-13(17)18)8-16(9-14)6-10-5-11(15)3-4-12(10)19-2/h3-5H,6-9H2,1-2H3,(H,17,18). The summed E-state index contributed by atoms with van der Waals surface area (Å²) in [6.45, 7) is 3.74. The maximum Gasteiger partial charge on any atom is 0.329 e. The lowest BCUT2D eigenvalue weighted by Crippen LogP contribution is -2.61. The van der Waals surface area contributed by atoms with Gasteiger partial charge in [-0.25, -0.2) is 4.79 Å². The fraction of sp³-hybridized carbons (Fsp3) is 0.500. The fourth-order valence-electron chi connectivity index (χ4n) is 2.45. The summed E-state index contributed by atoms with van der Waals surface area (Å²) in [7, 11) is 1.63. The highest BCUT2D eigenvalue weighted by molar-refractivity contribution is 6.30. The Labute approximate surface area is 123 Å². The minimum absolute atomic E-state index is 0.259. The maximum atomic E-state index is 10.5. The zero-order chi connectivity index (χ0) is 14.8. The van der Waals surface area contributed by atoms with Crippen molar-refractivity contribution in [2.45, 2.75) is 19.1 Å². The number of likely N-dealkylation sites (tertiary alicyclic amines) is 1. The molecule has 0 aliphatic carbocycles. The van der Waals surface area contributed by atoms with E-state index in [9.17, 15) is 4.79 Å². The van der Waals surface area contributed by atoms with Gasteiger partial charge in [0, 0.05) is 30.2 Å². The molecule has 1 heterocycles. The number of carboxylic acid groups (broad SMARTS) is 1. The molecular weight excluding hydrogens is 282 g/mol. The average Bonchev–Trinajstić information content (AvgIpc) is 2.35. The van der Waals surface area contributed by atoms with Crippen LogP contribution in [0.4, 0.5) is 0 Å². The van der Waals surface area contributed by atoms with Crippen molar-refractivity contribution >= 4 is 17.6 Å². The molecule has 1 aliphatic heterocycles. The van der Waals surface area contributed by atoms with Crippen molar-refractivity contribution in [3.63, 3.8) is 0 Å². The molecule has 0 atom stereocenters. The Morgan fingerprint density at radius 1 is 1.50 bits per heavy atom. The lowest BCUT2D eigenvalue weighted by Gasteiger charge is -2.47. The van der Waals surface area contributed by atoms with Crippen LogP contribution in [0.3, 0.4) is 0 Å². The second-order valence-corrected chi connectivity index (χ2v) is 5.67. The number of hydrogen-bond acceptors (Lipinski definition) is 4. The van der Waals surface area contributed by atoms with Gasteiger partial charge >= 0.3 is 5.97 Å². The van der Waals surface area contributed by atoms with Crippen LogP contribution in [0.2, 0.25) is 5.02 Å². The van der Waals surface area contributed by atoms with E-state index in [1.165, 1.54) is 0 Å². The number of ether oxygens (including phenoxy) is 2. The highest BCUT2D eigenvalue weighted by Crippen LogP contribution is 2.30. The second-order valence-electron chi connectivity index (χ2n) is 5.23. The summed E-state index contributed by atoms with van der Waals surface area (Å²) in [6, 6.07) is 5.52. The molecular formula is C14H18ClNO4. The minimum Gasteiger partial charge on any atom is -0.496 e. The van der Waals surface area contributed by atoms with Crippen molar-refractivity contribution in [2.75, 3.05) is 26.8 Å². The molecule has 0 amide bonds. The average molecular weight is 300 g/mol. The predicted molar refractivity (Wildman–Crippen MR) is 75.3 cm³/mol. The third kappa shape index (κ3) is 3.62. The van der Waals surface area contributed by atoms with Gasteiger partial charge in [-0.05, 0) is 25.1 Å². The Kier molecular flexibility index (Phi) is 4.52. The Bertz CT molecular complexity index is 500. The van der Waals surface area contributed by atoms with Crippen LogP contribution >= 0.6 is 11.6 Å². The van der Waals surface area contributed by atoms with Crippen LogP contribution in [-0.2, 0) is 16.1 Å². The van der Waals surface area contributed by atoms with Crippen LogP contribution in [0.15, 0.2) is 18.2 Å². The first-order valence-electron chi connectivity index (χ1n) is 6.32. The van der Waals surface area contributed by atoms with Gasteiger partial charge in [-0.1, -0.05) is 11.6 Å². The number of nitrogens with zero attached hydrogens (tertiary/aromatic N) is 1. The summed E-state index contributed by atoms with van der Waals surface area (Å²) in [5.41, 5.74) is 0.629. The molecule has 0 saturated carbocycles. The summed E-state index contributed by atoms with van der Waals surface area (Å²) in [5, 5.41) is 9.30. The molecule has 5 nitrogen and oxygen atoms in total. The summed E-state index contributed by atoms with van der Waals surface area (Å²) in [4.78, 5) is 12.7. The van der Waals surface area contributed by atoms with Crippen LogP contribution in [0.1, 0.15) is 12.5 Å². The number of rotatable bonds is 6. The molecule has 0 unspecified atom stereocenters. The monoisotopic (exact) mass is 299 g/mol. The van der Waals surface area contributed by atoms with E-state index in [1.54, 1.807) is 13.2 Å². The third-order valence-electron chi connectivity index (χ3n) is 3.30. The van der Waals surface area contributed by atoms with Crippen molar-refractivity contribution in [3.05, 3.63) is 28.8 Å². The van der Waals surface area contributed by atoms with Gasteiger partial charge in [0.05, 0.1) is 12.7 Å². The molecule has 1 N–H and O–H groups in total. The van der Waals surface area contributed by atoms with E-state index >= 15 is 0 Å². The lowest BCUT2D eigenvalue weighted by molar-refractivity contribution is -0.165. The maximum absolute atomic E-state index is 10.5. The van der Waals surface area contributed by atoms with Crippen molar-refractivity contribution in [2.24, 2.45) is 0 Å². The van der Waals surface area contributed by atoms with Crippen LogP contribution in [0, 0.1) is 0 Å². The molecule has 20 heavy (non-hydrogen) atoms. The first-order chi connectivity index (χ1) is 9.42. The largest absolute Gasteiger partial charge is 0.496 e. The van der Waals surface area contributed by atoms with Crippen molar-refractivity contribution < 1.29 is 19.4 Å². The van der Waals surface area contributed by atoms with E-state index in [4.69, 9.17) is 26.2 Å². The topological polar surface area (TPSA) is 59.0 Å². The number of benzene rings is 1. The molecule has 6 heteroatoms. The minimum atomic E-state index is -0.943. The van der Waals surface area contributed by atoms with E-state index in [1.807, 2.05) is 19.1 Å². The predicted octanol–water partition coefficient (Wildman–Crippen LogP) is 2.02. The summed E-state index contributed by atoms with van der Waals surface area (Å²) in [6.07, 6.45) is 0. The van der Waals surface area contributed by atoms with Gasteiger partial charge in [-0.2, -0.15) is 0 Å². The quantitative estimate of drug-likeness (QED) is 0.871. The van der Waals surface area contributed by atoms with Crippen LogP contribution < -0.4 is 4.74 Å². The van der Waals surface area contributed by atoms with Crippen LogP contribution in [0.25, 0.3) is 0 Å². The zero-order valence-electron chi connectivity index (χ0n) is 11.6. The molecule has 0 bridgehead atoms. The Morgan fingerprint density at radius 3 is 2.80 bits per heavy atom. The van der Waals surface area contributed by atoms with Gasteiger partial charge in [0.2, 0.25) is 0 Å². The first kappa shape index (κ1) is 15.1. The molecule has 0 aromatic heterocycles. The normalized spacial score (nSPS) is 17.6. The SMILES string of the molecule is COc1ccc(Cl)cc1CN1CC(C)(OCC(=O)O)C1. The first-order valence-corrected chi connectivity index (χ1v) is 6.70. The van der Waals surface area contributed by atoms with E-state index < -0.39 is 5.97 Å². The molecule has 110 valence electrons. The summed E-state index contributed by atoms with van der Waals surface area (Å²) in [5.74, 6) is -0.143. The van der Waals surface area contributed by atoms with Crippen molar-refractivity contribution in [1.29, 1.82) is 0 Å². The molecule has 0 spiro atoms. The summed E-state index contributed by atoms with van der Waals surface area (Å²) < 4.78 is 10.7. The number of carboxylic acids is 1. The van der Waals surface area contributed by atoms with E-state index in [0.29, 0.717) is 24.7 Å². The van der Waals surface area contributed by atoms with Gasteiger partial charge in [-0.3, -0.25) is 4.90 Å². The zero-order valence-corrected chi connectivity index (χ0v) is 12.3. The van der Waals surface area contributed by atoms with E-state index in [-0.39, 0.29) is 12.2 Å². The van der Waals surface area contributed by atoms with Gasteiger partial charge in [-0.15, -0.1) is 0 Å². The molecule has 0 radical (unpaired) electrons. The molecule has 1 aromatic carbocycles. The summed E-state index contributed by atoms with van der Waals surface area (Å²) >= 11 is 6.00. The molecule has 2 rings (SSSR count). The lowest BCUT2D eigenvalue weighted by atomic mass is 9.95. The van der Waals surface area contributed by atoms with Crippen LogP contribution in [-0.4, -0.2) is 48.4 Å². The van der Waals surface area contributed by atoms with Crippen molar-refractivity contribution in [1.82, 2.24) is 4.90 Å². The van der Waals surface area contributed by atoms with Crippen molar-refractivity contribution in [3.8, 4) is 5.75 Å². The number of halogens is 1. The Morgan fingerprint density at radius 2 is 2.20 bits per heavy atom. The second kappa shape index (κ2) is 5.99. The highest BCUT2D eigenvalue weighted by Gasteiger charge is 2.40. The number of aliphatic carboxylic acids is 1. The van der Waals surface area contributed by atoms with E-state index in [0.717, 1.165) is 11.3 Å². The third-order valence-corrected chi connectivity index (χ3v) is 3.53. The molecule has 1 aromatic rings. The Balaban J connectivity index is 1.91. The fourth-order valence-corrected chi connectivity index (χ4v) is 2.65. The molecule has 1 saturated heterocycles. The number of carbonyl (C=O) groups is 1. The molecule has 1 fully saturated rings. The van der Waals surface area contributed by atoms with Crippen LogP contribution in [0.5, 0.6) is 5.75 Å². The number of hydrogen-bond donors (Lipinski definition) is 1. The van der Waals surface area contributed by atoms with Gasteiger partial charge < -0.3 is 14.6 Å². The number of methoxy groups -OCH3 is 1. The molecule has 1 aliphatic rings. The van der Waals surface area contributed by atoms with E-state index in [2.05, 4.69) is 4.90 Å². The van der Waals surface area contributed by atoms with Gasteiger partial charge in [0.1, 0.15) is 12.4 Å².